The number of hydrogen-bond donors (Lipinski definition) is 1. The highest BCUT2D eigenvalue weighted by atomic mass is 35.5. The maximum absolute atomic E-state index is 14.2. The number of likely N-dealkylation sites (N-methyl/N-ethyl adjacent to an activating group) is 1. The molecule has 1 saturated heterocycles. The maximum atomic E-state index is 14.2. The molecule has 10 heteroatoms. The molecule has 1 amide bonds. The number of likely N-dealkylation sites (tertiary alicyclic amines) is 1. The summed E-state index contributed by atoms with van der Waals surface area (Å²) in [6, 6.07) is 13.7. The summed E-state index contributed by atoms with van der Waals surface area (Å²) in [5, 5.41) is 10.8. The lowest BCUT2D eigenvalue weighted by Gasteiger charge is -2.52. The largest absolute Gasteiger partial charge is 0.481 e. The van der Waals surface area contributed by atoms with Gasteiger partial charge in [-0.1, -0.05) is 68.2 Å². The molecule has 37 heavy (non-hydrogen) atoms. The second-order valence-corrected chi connectivity index (χ2v) is 12.8. The van der Waals surface area contributed by atoms with Crippen molar-refractivity contribution in [3.8, 4) is 0 Å². The van der Waals surface area contributed by atoms with Crippen LogP contribution in [0.15, 0.2) is 48.5 Å². The number of carbonyl (C=O) groups excluding carboxylic acids is 1. The SMILES string of the molecule is CC[C@@H](CN(CC)S(C)(=O)=O)N1C(=O)[C@@](C)(CC(=O)O)C[C@H](c2cccc(Cl)c2)[C@H]1c1ccc(Cl)cc1. The van der Waals surface area contributed by atoms with Crippen molar-refractivity contribution in [2.45, 2.75) is 58.0 Å². The fourth-order valence-corrected chi connectivity index (χ4v) is 6.67. The number of carboxylic acids is 1. The number of nitrogens with zero attached hydrogens (tertiary/aromatic N) is 2. The topological polar surface area (TPSA) is 95.0 Å². The average Bonchev–Trinajstić information content (AvgIpc) is 2.81. The summed E-state index contributed by atoms with van der Waals surface area (Å²) in [7, 11) is -3.52. The van der Waals surface area contributed by atoms with E-state index in [9.17, 15) is 23.1 Å². The number of amides is 1. The number of halogens is 2. The smallest absolute Gasteiger partial charge is 0.304 e. The molecular weight excluding hydrogens is 535 g/mol. The zero-order chi connectivity index (χ0) is 27.5. The lowest BCUT2D eigenvalue weighted by molar-refractivity contribution is -0.160. The highest BCUT2D eigenvalue weighted by Crippen LogP contribution is 2.52. The van der Waals surface area contributed by atoms with Gasteiger partial charge in [0.1, 0.15) is 0 Å². The van der Waals surface area contributed by atoms with E-state index in [4.69, 9.17) is 23.2 Å². The summed E-state index contributed by atoms with van der Waals surface area (Å²) in [6.07, 6.45) is 1.59. The molecule has 1 aliphatic heterocycles. The summed E-state index contributed by atoms with van der Waals surface area (Å²) in [4.78, 5) is 27.9. The molecule has 1 fully saturated rings. The molecule has 0 aliphatic carbocycles. The molecule has 4 atom stereocenters. The molecule has 1 heterocycles. The summed E-state index contributed by atoms with van der Waals surface area (Å²) < 4.78 is 26.3. The number of benzene rings is 2. The minimum atomic E-state index is -3.52. The van der Waals surface area contributed by atoms with Gasteiger partial charge in [-0.15, -0.1) is 0 Å². The van der Waals surface area contributed by atoms with Crippen molar-refractivity contribution < 1.29 is 23.1 Å². The fourth-order valence-electron chi connectivity index (χ4n) is 5.43. The minimum Gasteiger partial charge on any atom is -0.481 e. The Labute approximate surface area is 229 Å². The molecule has 1 aliphatic rings. The van der Waals surface area contributed by atoms with Gasteiger partial charge in [-0.05, 0) is 48.2 Å². The van der Waals surface area contributed by atoms with E-state index < -0.39 is 33.5 Å². The number of rotatable bonds is 10. The molecule has 0 spiro atoms. The zero-order valence-electron chi connectivity index (χ0n) is 21.5. The molecule has 0 aromatic heterocycles. The quantitative estimate of drug-likeness (QED) is 0.403. The van der Waals surface area contributed by atoms with Crippen molar-refractivity contribution in [3.05, 3.63) is 69.7 Å². The summed E-state index contributed by atoms with van der Waals surface area (Å²) in [5.41, 5.74) is 0.518. The average molecular weight is 570 g/mol. The zero-order valence-corrected chi connectivity index (χ0v) is 23.9. The van der Waals surface area contributed by atoms with Crippen LogP contribution in [0.4, 0.5) is 0 Å². The molecule has 0 unspecified atom stereocenters. The van der Waals surface area contributed by atoms with Crippen LogP contribution in [0.2, 0.25) is 10.0 Å². The molecule has 0 saturated carbocycles. The molecule has 202 valence electrons. The van der Waals surface area contributed by atoms with Gasteiger partial charge in [0.15, 0.2) is 0 Å². The van der Waals surface area contributed by atoms with E-state index in [1.165, 1.54) is 4.31 Å². The van der Waals surface area contributed by atoms with Crippen molar-refractivity contribution in [2.24, 2.45) is 5.41 Å². The fraction of sp³-hybridized carbons (Fsp3) is 0.481. The Morgan fingerprint density at radius 1 is 1.14 bits per heavy atom. The molecule has 0 bridgehead atoms. The number of carboxylic acid groups (broad SMARTS) is 1. The molecule has 0 radical (unpaired) electrons. The Balaban J connectivity index is 2.25. The lowest BCUT2D eigenvalue weighted by atomic mass is 9.67. The van der Waals surface area contributed by atoms with E-state index >= 15 is 0 Å². The van der Waals surface area contributed by atoms with Crippen LogP contribution in [0, 0.1) is 5.41 Å². The third kappa shape index (κ3) is 6.66. The van der Waals surface area contributed by atoms with Crippen molar-refractivity contribution in [3.63, 3.8) is 0 Å². The predicted octanol–water partition coefficient (Wildman–Crippen LogP) is 5.59. The van der Waals surface area contributed by atoms with Crippen molar-refractivity contribution >= 4 is 45.1 Å². The van der Waals surface area contributed by atoms with Crippen molar-refractivity contribution in [1.82, 2.24) is 9.21 Å². The van der Waals surface area contributed by atoms with Crippen LogP contribution in [-0.2, 0) is 19.6 Å². The van der Waals surface area contributed by atoms with Crippen molar-refractivity contribution in [2.75, 3.05) is 19.3 Å². The van der Waals surface area contributed by atoms with Crippen LogP contribution in [0.25, 0.3) is 0 Å². The summed E-state index contributed by atoms with van der Waals surface area (Å²) in [6.45, 7) is 5.71. The van der Waals surface area contributed by atoms with Gasteiger partial charge in [-0.25, -0.2) is 12.7 Å². The molecule has 3 rings (SSSR count). The number of sulfonamides is 1. The van der Waals surface area contributed by atoms with Crippen LogP contribution in [-0.4, -0.2) is 60.0 Å². The van der Waals surface area contributed by atoms with Gasteiger partial charge >= 0.3 is 5.97 Å². The third-order valence-electron chi connectivity index (χ3n) is 7.23. The number of carbonyl (C=O) groups is 2. The van der Waals surface area contributed by atoms with E-state index in [0.29, 0.717) is 22.9 Å². The van der Waals surface area contributed by atoms with Gasteiger partial charge in [0, 0.05) is 35.1 Å². The Hall–Kier alpha value is -2.13. The first-order valence-electron chi connectivity index (χ1n) is 12.3. The first-order chi connectivity index (χ1) is 17.3. The molecule has 2 aromatic carbocycles. The van der Waals surface area contributed by atoms with Crippen LogP contribution >= 0.6 is 23.2 Å². The normalized spacial score (nSPS) is 23.3. The van der Waals surface area contributed by atoms with E-state index in [0.717, 1.165) is 17.4 Å². The van der Waals surface area contributed by atoms with Gasteiger partial charge in [0.25, 0.3) is 0 Å². The molecular formula is C27H34Cl2N2O5S. The molecule has 2 aromatic rings. The van der Waals surface area contributed by atoms with Crippen LogP contribution in [0.5, 0.6) is 0 Å². The van der Waals surface area contributed by atoms with E-state index in [1.807, 2.05) is 37.3 Å². The first kappa shape index (κ1) is 29.4. The lowest BCUT2D eigenvalue weighted by Crippen LogP contribution is -2.58. The van der Waals surface area contributed by atoms with E-state index in [1.54, 1.807) is 36.9 Å². The second kappa shape index (κ2) is 11.7. The monoisotopic (exact) mass is 568 g/mol. The number of piperidine rings is 1. The van der Waals surface area contributed by atoms with Gasteiger partial charge in [-0.3, -0.25) is 9.59 Å². The Kier molecular flexibility index (Phi) is 9.32. The summed E-state index contributed by atoms with van der Waals surface area (Å²) in [5.74, 6) is -1.65. The maximum Gasteiger partial charge on any atom is 0.304 e. The Bertz CT molecular complexity index is 1240. The van der Waals surface area contributed by atoms with Crippen LogP contribution in [0.3, 0.4) is 0 Å². The van der Waals surface area contributed by atoms with E-state index in [-0.39, 0.29) is 31.3 Å². The second-order valence-electron chi connectivity index (χ2n) is 9.98. The van der Waals surface area contributed by atoms with Gasteiger partial charge < -0.3 is 10.0 Å². The Morgan fingerprint density at radius 2 is 1.78 bits per heavy atom. The van der Waals surface area contributed by atoms with Gasteiger partial charge in [-0.2, -0.15) is 0 Å². The predicted molar refractivity (Wildman–Crippen MR) is 146 cm³/mol. The highest BCUT2D eigenvalue weighted by Gasteiger charge is 2.52. The van der Waals surface area contributed by atoms with Crippen molar-refractivity contribution in [1.29, 1.82) is 0 Å². The Morgan fingerprint density at radius 3 is 2.30 bits per heavy atom. The van der Waals surface area contributed by atoms with Crippen LogP contribution in [0.1, 0.15) is 63.1 Å². The van der Waals surface area contributed by atoms with Gasteiger partial charge in [0.2, 0.25) is 15.9 Å². The number of hydrogen-bond acceptors (Lipinski definition) is 4. The third-order valence-corrected chi connectivity index (χ3v) is 9.06. The molecule has 7 nitrogen and oxygen atoms in total. The van der Waals surface area contributed by atoms with Gasteiger partial charge in [0.05, 0.1) is 24.1 Å². The number of aliphatic carboxylic acids is 1. The standard InChI is InChI=1S/C27H34Cl2N2O5S/c1-5-22(17-30(6-2)37(4,35)36)31-25(18-10-12-20(28)13-11-18)23(19-8-7-9-21(29)14-19)15-27(3,26(31)34)16-24(32)33/h7-14,22-23,25H,5-6,15-17H2,1-4H3,(H,32,33)/t22-,23+,25+,27+/m0/s1. The molecule has 1 N–H and O–H groups in total. The summed E-state index contributed by atoms with van der Waals surface area (Å²) >= 11 is 12.5. The first-order valence-corrected chi connectivity index (χ1v) is 14.9. The minimum absolute atomic E-state index is 0.104. The van der Waals surface area contributed by atoms with E-state index in [2.05, 4.69) is 0 Å². The highest BCUT2D eigenvalue weighted by molar-refractivity contribution is 7.88. The van der Waals surface area contributed by atoms with Crippen LogP contribution < -0.4 is 0 Å².